The van der Waals surface area contributed by atoms with Gasteiger partial charge in [-0.3, -0.25) is 0 Å². The van der Waals surface area contributed by atoms with Crippen LogP contribution in [0.4, 0.5) is 0 Å². The number of allylic oxidation sites excluding steroid dienone is 1. The Bertz CT molecular complexity index is 3340. The number of ether oxygens (including phenoxy) is 3. The van der Waals surface area contributed by atoms with Crippen molar-refractivity contribution >= 4 is 17.9 Å². The standard InChI is InChI=1S/C24H30O5.C24H26O5.C24H24O5.3Na/c3*25-19(15-6-2-1-3-7-15)13-12-17-20(26)14-21-23(17)18-10-4-8-16(24(18)29-21)9-5-11-22(27)28;;;/h4,8,10,15,17,19-21,23,25-26H,1-3,5-7,9,11,14H2,(H,27,28);1-4,6-8,10,12-13,17,19-21,23,25-26H,5,9,11,14H2,(H,27,28);1-8,10-13,17,19-21,23,25-26H,9,14H2,(H,27,28);;;/q;;;3*+1/p-3/b;13-12+;11-5+,13-12+;;;. The molecule has 3 heterocycles. The van der Waals surface area contributed by atoms with E-state index in [9.17, 15) is 60.3 Å². The summed E-state index contributed by atoms with van der Waals surface area (Å²) in [5.41, 5.74) is 7.65. The van der Waals surface area contributed by atoms with Gasteiger partial charge in [0.15, 0.2) is 0 Å². The maximum Gasteiger partial charge on any atom is 1.00 e. The quantitative estimate of drug-likeness (QED) is 0.0225. The van der Waals surface area contributed by atoms with Crippen LogP contribution in [0.2, 0.25) is 0 Å². The predicted octanol–water partition coefficient (Wildman–Crippen LogP) is -2.73. The van der Waals surface area contributed by atoms with Gasteiger partial charge in [0.25, 0.3) is 0 Å². The number of carboxylic acids is 3. The summed E-state index contributed by atoms with van der Waals surface area (Å²) in [6, 6.07) is 36.6. The Labute approximate surface area is 593 Å². The largest absolute Gasteiger partial charge is 1.00 e. The summed E-state index contributed by atoms with van der Waals surface area (Å²) >= 11 is 0. The molecule has 0 amide bonds. The van der Waals surface area contributed by atoms with E-state index in [1.165, 1.54) is 6.42 Å². The molecule has 12 rings (SSSR count). The molecule has 15 nitrogen and oxygen atoms in total. The molecule has 0 spiro atoms. The van der Waals surface area contributed by atoms with Crippen molar-refractivity contribution in [2.45, 2.75) is 169 Å². The van der Waals surface area contributed by atoms with Crippen LogP contribution in [-0.2, 0) is 33.6 Å². The van der Waals surface area contributed by atoms with Gasteiger partial charge in [0.1, 0.15) is 41.7 Å². The minimum absolute atomic E-state index is 0. The normalized spacial score (nSPS) is 26.4. The van der Waals surface area contributed by atoms with Crippen LogP contribution >= 0.6 is 0 Å². The summed E-state index contributed by atoms with van der Waals surface area (Å²) in [5.74, 6) is 5.10. The van der Waals surface area contributed by atoms with E-state index < -0.39 is 54.5 Å². The van der Waals surface area contributed by atoms with E-state index in [0.29, 0.717) is 51.4 Å². The van der Waals surface area contributed by atoms with Crippen LogP contribution in [0, 0.1) is 35.5 Å². The van der Waals surface area contributed by atoms with Crippen LogP contribution in [0.3, 0.4) is 0 Å². The molecule has 15 unspecified atom stereocenters. The van der Waals surface area contributed by atoms with E-state index >= 15 is 0 Å². The molecule has 6 N–H and O–H groups in total. The number of carboxylic acid groups (broad SMARTS) is 3. The Morgan fingerprint density at radius 3 is 1.41 bits per heavy atom. The zero-order valence-corrected chi connectivity index (χ0v) is 57.6. The second-order valence-corrected chi connectivity index (χ2v) is 24.1. The minimum Gasteiger partial charge on any atom is -0.550 e. The molecular formula is C72H77Na3O15. The van der Waals surface area contributed by atoms with Crippen LogP contribution in [-0.4, -0.2) is 91.3 Å². The number of hydrogen-bond donors (Lipinski definition) is 6. The summed E-state index contributed by atoms with van der Waals surface area (Å²) < 4.78 is 18.5. The van der Waals surface area contributed by atoms with Crippen molar-refractivity contribution in [1.29, 1.82) is 0 Å². The molecule has 3 aliphatic heterocycles. The monoisotopic (exact) mass is 1250 g/mol. The van der Waals surface area contributed by atoms with Gasteiger partial charge in [-0.2, -0.15) is 0 Å². The average molecular weight is 1250 g/mol. The number of aliphatic carboxylic acids is 3. The van der Waals surface area contributed by atoms with E-state index in [-0.39, 0.29) is 161 Å². The van der Waals surface area contributed by atoms with Gasteiger partial charge < -0.3 is 74.6 Å². The van der Waals surface area contributed by atoms with Gasteiger partial charge >= 0.3 is 88.7 Å². The van der Waals surface area contributed by atoms with Crippen molar-refractivity contribution in [3.8, 4) is 29.1 Å². The molecule has 0 radical (unpaired) electrons. The van der Waals surface area contributed by atoms with Crippen LogP contribution < -0.4 is 118 Å². The molecule has 90 heavy (non-hydrogen) atoms. The van der Waals surface area contributed by atoms with Crippen molar-refractivity contribution in [2.24, 2.45) is 23.7 Å². The van der Waals surface area contributed by atoms with Gasteiger partial charge in [-0.15, -0.1) is 0 Å². The van der Waals surface area contributed by atoms with Gasteiger partial charge in [0.2, 0.25) is 0 Å². The molecule has 0 aromatic heterocycles. The van der Waals surface area contributed by atoms with Crippen molar-refractivity contribution in [2.75, 3.05) is 0 Å². The molecule has 0 bridgehead atoms. The van der Waals surface area contributed by atoms with Crippen LogP contribution in [0.5, 0.6) is 17.2 Å². The molecule has 5 aromatic carbocycles. The molecular weight excluding hydrogens is 1170 g/mol. The Balaban J connectivity index is 0.000000189. The summed E-state index contributed by atoms with van der Waals surface area (Å²) in [7, 11) is 0. The van der Waals surface area contributed by atoms with Gasteiger partial charge in [0, 0.05) is 77.5 Å². The van der Waals surface area contributed by atoms with E-state index in [1.807, 2.05) is 127 Å². The Morgan fingerprint density at radius 2 is 0.956 bits per heavy atom. The van der Waals surface area contributed by atoms with Gasteiger partial charge in [-0.1, -0.05) is 177 Å². The fourth-order valence-electron chi connectivity index (χ4n) is 14.2. The third kappa shape index (κ3) is 17.8. The zero-order valence-electron chi connectivity index (χ0n) is 51.6. The molecule has 5 aromatic rings. The number of rotatable bonds is 18. The smallest absolute Gasteiger partial charge is 0.550 e. The molecule has 458 valence electrons. The van der Waals surface area contributed by atoms with E-state index in [4.69, 9.17) is 14.2 Å². The second kappa shape index (κ2) is 34.6. The van der Waals surface area contributed by atoms with Gasteiger partial charge in [-0.25, -0.2) is 0 Å². The van der Waals surface area contributed by atoms with Crippen molar-refractivity contribution in [3.63, 3.8) is 0 Å². The minimum atomic E-state index is -1.22. The first-order chi connectivity index (χ1) is 42.1. The number of aliphatic hydroxyl groups excluding tert-OH is 6. The van der Waals surface area contributed by atoms with Gasteiger partial charge in [0.05, 0.1) is 42.4 Å². The number of carbonyl (C=O) groups excluding carboxylic acids is 3. The molecule has 4 aliphatic carbocycles. The second-order valence-electron chi connectivity index (χ2n) is 24.1. The molecule has 18 heteroatoms. The number of aliphatic hydroxyl groups is 6. The Hall–Kier alpha value is -4.55. The maximum atomic E-state index is 10.7. The number of fused-ring (bicyclic) bond motifs is 9. The Kier molecular flexibility index (Phi) is 28.0. The first-order valence-corrected chi connectivity index (χ1v) is 30.8. The fraction of sp³-hybridized carbons (Fsp3) is 0.431. The number of carbonyl (C=O) groups is 3. The summed E-state index contributed by atoms with van der Waals surface area (Å²) in [6.45, 7) is 0. The first kappa shape index (κ1) is 72.9. The number of para-hydroxylation sites is 3. The molecule has 4 fully saturated rings. The van der Waals surface area contributed by atoms with E-state index in [0.717, 1.165) is 93.5 Å². The van der Waals surface area contributed by atoms with Crippen LogP contribution in [0.1, 0.15) is 152 Å². The fourth-order valence-corrected chi connectivity index (χ4v) is 14.2. The topological polar surface area (TPSA) is 269 Å². The molecule has 0 saturated heterocycles. The Morgan fingerprint density at radius 1 is 0.533 bits per heavy atom. The number of hydrogen-bond acceptors (Lipinski definition) is 15. The van der Waals surface area contributed by atoms with Crippen LogP contribution in [0.15, 0.2) is 152 Å². The first-order valence-electron chi connectivity index (χ1n) is 30.8. The summed E-state index contributed by atoms with van der Waals surface area (Å²) in [6.07, 6.45) is 15.7. The molecule has 15 atom stereocenters. The maximum absolute atomic E-state index is 10.7. The molecule has 7 aliphatic rings. The summed E-state index contributed by atoms with van der Waals surface area (Å²) in [4.78, 5) is 32.0. The third-order valence-electron chi connectivity index (χ3n) is 18.5. The zero-order chi connectivity index (χ0) is 61.1. The van der Waals surface area contributed by atoms with Crippen LogP contribution in [0.25, 0.3) is 0 Å². The third-order valence-corrected chi connectivity index (χ3v) is 18.5. The average Bonchev–Trinajstić information content (AvgIpc) is 1.96. The van der Waals surface area contributed by atoms with E-state index in [1.54, 1.807) is 18.2 Å². The van der Waals surface area contributed by atoms with E-state index in [2.05, 4.69) is 11.8 Å². The van der Waals surface area contributed by atoms with Crippen molar-refractivity contribution < 1.29 is 163 Å². The van der Waals surface area contributed by atoms with Crippen molar-refractivity contribution in [1.82, 2.24) is 0 Å². The SMILES string of the molecule is O=C([O-])/C=C/Cc1cccc2c1OC1CC(O)C(/C=C/C(O)c3ccccc3)C21.O=C([O-])CCCc1cccc2c1OC1CC(O)C(/C=C/C(O)c3ccccc3)C21.O=C([O-])CCCc1cccc2c1OC1CC(O)C(C#CC(O)C3CCCCC3)C21.[Na+].[Na+].[Na+]. The number of aryl methyl sites for hydroxylation is 2. The molecule has 4 saturated carbocycles. The number of benzene rings is 5. The summed E-state index contributed by atoms with van der Waals surface area (Å²) in [5, 5.41) is 95.1. The predicted molar refractivity (Wildman–Crippen MR) is 318 cm³/mol. The van der Waals surface area contributed by atoms with Crippen molar-refractivity contribution in [3.05, 3.63) is 196 Å². The van der Waals surface area contributed by atoms with Gasteiger partial charge in [-0.05, 0) is 97.6 Å².